The van der Waals surface area contributed by atoms with Gasteiger partial charge in [0.05, 0.1) is 0 Å². The van der Waals surface area contributed by atoms with Gasteiger partial charge in [-0.3, -0.25) is 0 Å². The monoisotopic (exact) mass is 141 g/mol. The van der Waals surface area contributed by atoms with E-state index in [1.165, 1.54) is 0 Å². The molecule has 0 saturated carbocycles. The van der Waals surface area contributed by atoms with Gasteiger partial charge in [-0.2, -0.15) is 0 Å². The van der Waals surface area contributed by atoms with Crippen molar-refractivity contribution < 1.29 is 0 Å². The Morgan fingerprint density at radius 1 is 1.67 bits per heavy atom. The Kier molecular flexibility index (Phi) is 1.16. The van der Waals surface area contributed by atoms with Gasteiger partial charge < -0.3 is 0 Å². The molecule has 0 bridgehead atoms. The van der Waals surface area contributed by atoms with Crippen LogP contribution in [0, 0.1) is 0 Å². The first-order valence-corrected chi connectivity index (χ1v) is 3.96. The molecule has 6 heavy (non-hydrogen) atoms. The first-order chi connectivity index (χ1) is 2.89. The molecule has 0 spiro atoms. The summed E-state index contributed by atoms with van der Waals surface area (Å²) in [7, 11) is 0. The van der Waals surface area contributed by atoms with Crippen molar-refractivity contribution in [2.24, 2.45) is 0 Å². The molecule has 1 aliphatic heterocycles. The fourth-order valence-corrected chi connectivity index (χ4v) is 1.60. The van der Waals surface area contributed by atoms with E-state index >= 15 is 0 Å². The summed E-state index contributed by atoms with van der Waals surface area (Å²) >= 11 is 0.479. The molecule has 1 aliphatic rings. The average molecular weight is 141 g/mol. The van der Waals surface area contributed by atoms with E-state index in [1.807, 2.05) is 0 Å². The van der Waals surface area contributed by atoms with E-state index in [0.29, 0.717) is 15.8 Å². The molecule has 0 aromatic carbocycles. The fourth-order valence-electron chi connectivity index (χ4n) is 0.386. The quantitative estimate of drug-likeness (QED) is 0.443. The molecule has 0 fully saturated rings. The number of hydrogen-bond acceptors (Lipinski definition) is 0. The van der Waals surface area contributed by atoms with Crippen molar-refractivity contribution in [2.45, 2.75) is 6.92 Å². The third-order valence-corrected chi connectivity index (χ3v) is 2.54. The molecule has 0 nitrogen and oxygen atoms in total. The Bertz CT molecular complexity index is 101. The minimum absolute atomic E-state index is 0.479. The normalized spacial score (nSPS) is 22.5. The Hall–Kier alpha value is 0.0384. The van der Waals surface area contributed by atoms with E-state index in [1.54, 1.807) is 4.36 Å². The van der Waals surface area contributed by atoms with E-state index in [0.717, 1.165) is 0 Å². The standard InChI is InChI=1S/C5H6As/c1-5-3-2-4-6-5/h2-4H,1H3. The summed E-state index contributed by atoms with van der Waals surface area (Å²) in [6, 6.07) is 0. The Balaban J connectivity index is 2.61. The number of hydrogen-bond donors (Lipinski definition) is 0. The Morgan fingerprint density at radius 2 is 2.50 bits per heavy atom. The molecule has 1 rings (SSSR count). The second kappa shape index (κ2) is 1.66. The van der Waals surface area contributed by atoms with Crippen LogP contribution in [0.2, 0.25) is 0 Å². The van der Waals surface area contributed by atoms with Crippen LogP contribution in [0.3, 0.4) is 0 Å². The molecule has 0 amide bonds. The zero-order chi connectivity index (χ0) is 4.41. The van der Waals surface area contributed by atoms with Crippen LogP contribution in [-0.2, 0) is 0 Å². The predicted octanol–water partition coefficient (Wildman–Crippen LogP) is 1.12. The molecule has 31 valence electrons. The second-order valence-corrected chi connectivity index (χ2v) is 3.93. The van der Waals surface area contributed by atoms with Crippen LogP contribution in [0.4, 0.5) is 0 Å². The SMILES string of the molecule is CC1=CC=C[As]1. The van der Waals surface area contributed by atoms with Crippen molar-refractivity contribution in [1.82, 2.24) is 0 Å². The van der Waals surface area contributed by atoms with Crippen molar-refractivity contribution in [3.8, 4) is 0 Å². The van der Waals surface area contributed by atoms with E-state index in [9.17, 15) is 0 Å². The predicted molar refractivity (Wildman–Crippen MR) is 28.7 cm³/mol. The Labute approximate surface area is 44.6 Å². The summed E-state index contributed by atoms with van der Waals surface area (Å²) < 4.78 is 1.56. The van der Waals surface area contributed by atoms with Crippen LogP contribution in [0.5, 0.6) is 0 Å². The van der Waals surface area contributed by atoms with Crippen molar-refractivity contribution in [3.63, 3.8) is 0 Å². The molecule has 0 aromatic rings. The summed E-state index contributed by atoms with van der Waals surface area (Å²) in [6.45, 7) is 2.18. The zero-order valence-corrected chi connectivity index (χ0v) is 5.56. The summed E-state index contributed by atoms with van der Waals surface area (Å²) in [5.41, 5.74) is 0. The van der Waals surface area contributed by atoms with Crippen LogP contribution in [0.25, 0.3) is 0 Å². The summed E-state index contributed by atoms with van der Waals surface area (Å²) in [5.74, 6) is 0. The summed E-state index contributed by atoms with van der Waals surface area (Å²) in [5, 5.41) is 0. The molecular weight excluding hydrogens is 135 g/mol. The number of rotatable bonds is 0. The number of allylic oxidation sites excluding steroid dienone is 3. The summed E-state index contributed by atoms with van der Waals surface area (Å²) in [6.07, 6.45) is 4.31. The maximum absolute atomic E-state index is 2.26. The van der Waals surface area contributed by atoms with Crippen molar-refractivity contribution in [3.05, 3.63) is 21.4 Å². The molecule has 0 unspecified atom stereocenters. The van der Waals surface area contributed by atoms with Gasteiger partial charge in [-0.1, -0.05) is 0 Å². The van der Waals surface area contributed by atoms with E-state index in [2.05, 4.69) is 23.9 Å². The van der Waals surface area contributed by atoms with Gasteiger partial charge in [0.1, 0.15) is 0 Å². The minimum atomic E-state index is 0.479. The summed E-state index contributed by atoms with van der Waals surface area (Å²) in [4.78, 5) is 2.26. The van der Waals surface area contributed by atoms with Crippen molar-refractivity contribution in [2.75, 3.05) is 0 Å². The van der Waals surface area contributed by atoms with E-state index in [4.69, 9.17) is 0 Å². The van der Waals surface area contributed by atoms with Crippen LogP contribution < -0.4 is 0 Å². The van der Waals surface area contributed by atoms with Gasteiger partial charge in [0.15, 0.2) is 0 Å². The van der Waals surface area contributed by atoms with E-state index < -0.39 is 0 Å². The molecule has 0 saturated heterocycles. The average Bonchev–Trinajstić information content (AvgIpc) is 1.86. The van der Waals surface area contributed by atoms with Gasteiger partial charge in [0.25, 0.3) is 0 Å². The molecule has 0 N–H and O–H groups in total. The van der Waals surface area contributed by atoms with Gasteiger partial charge >= 0.3 is 44.1 Å². The molecule has 1 heteroatoms. The first-order valence-electron chi connectivity index (χ1n) is 1.94. The molecule has 0 atom stereocenters. The van der Waals surface area contributed by atoms with Gasteiger partial charge in [0.2, 0.25) is 0 Å². The van der Waals surface area contributed by atoms with E-state index in [-0.39, 0.29) is 0 Å². The molecular formula is C5H6As. The maximum atomic E-state index is 2.26. The van der Waals surface area contributed by atoms with Gasteiger partial charge in [0, 0.05) is 0 Å². The van der Waals surface area contributed by atoms with Crippen molar-refractivity contribution in [1.29, 1.82) is 0 Å². The third-order valence-electron chi connectivity index (χ3n) is 0.702. The van der Waals surface area contributed by atoms with Gasteiger partial charge in [-0.25, -0.2) is 0 Å². The zero-order valence-electron chi connectivity index (χ0n) is 3.68. The first kappa shape index (κ1) is 4.20. The Morgan fingerprint density at radius 3 is 2.67 bits per heavy atom. The van der Waals surface area contributed by atoms with Crippen LogP contribution in [0.15, 0.2) is 21.4 Å². The second-order valence-electron chi connectivity index (χ2n) is 1.28. The molecule has 1 radical (unpaired) electrons. The third kappa shape index (κ3) is 0.753. The fraction of sp³-hybridized carbons (Fsp3) is 0.200. The molecule has 1 heterocycles. The molecule has 0 aliphatic carbocycles. The van der Waals surface area contributed by atoms with Crippen LogP contribution >= 0.6 is 0 Å². The van der Waals surface area contributed by atoms with Crippen LogP contribution in [0.1, 0.15) is 6.92 Å². The van der Waals surface area contributed by atoms with Gasteiger partial charge in [-0.05, 0) is 0 Å². The molecule has 0 aromatic heterocycles. The van der Waals surface area contributed by atoms with Crippen molar-refractivity contribution >= 4 is 15.8 Å². The van der Waals surface area contributed by atoms with Gasteiger partial charge in [-0.15, -0.1) is 0 Å². The topological polar surface area (TPSA) is 0 Å². The van der Waals surface area contributed by atoms with Crippen LogP contribution in [-0.4, -0.2) is 15.8 Å².